The molecule has 2 aromatic carbocycles. The summed E-state index contributed by atoms with van der Waals surface area (Å²) in [5.74, 6) is -14.4. The number of rotatable bonds is 11. The van der Waals surface area contributed by atoms with Crippen molar-refractivity contribution in [3.63, 3.8) is 0 Å². The Balaban J connectivity index is 1.64. The van der Waals surface area contributed by atoms with Crippen LogP contribution in [0.3, 0.4) is 0 Å². The van der Waals surface area contributed by atoms with Crippen LogP contribution >= 0.6 is 0 Å². The summed E-state index contributed by atoms with van der Waals surface area (Å²) < 4.78 is 104. The van der Waals surface area contributed by atoms with Crippen molar-refractivity contribution in [1.82, 2.24) is 20.6 Å². The molecule has 0 radical (unpaired) electrons. The number of hydrogen-bond acceptors (Lipinski definition) is 4. The summed E-state index contributed by atoms with van der Waals surface area (Å²) >= 11 is 0. The number of benzene rings is 2. The monoisotopic (exact) mass is 630 g/mol. The molecule has 240 valence electrons. The van der Waals surface area contributed by atoms with Crippen LogP contribution in [0.5, 0.6) is 0 Å². The Kier molecular flexibility index (Phi) is 9.79. The molecule has 1 aliphatic carbocycles. The molecule has 1 unspecified atom stereocenters. The highest BCUT2D eigenvalue weighted by Crippen LogP contribution is 2.42. The number of nitrogens with one attached hydrogen (secondary N) is 3. The first-order valence-corrected chi connectivity index (χ1v) is 14.1. The van der Waals surface area contributed by atoms with Crippen molar-refractivity contribution >= 4 is 23.0 Å². The fraction of sp³-hybridized carbons (Fsp3) is 0.500. The number of ether oxygens (including phenoxy) is 1. The highest BCUT2D eigenvalue weighted by Gasteiger charge is 2.40. The number of alkyl halides is 6. The number of carbonyl (C=O) groups is 2. The molecule has 1 aromatic heterocycles. The van der Waals surface area contributed by atoms with Crippen LogP contribution in [0.4, 0.5) is 35.5 Å². The number of fused-ring (bicyclic) bond motifs is 1. The first kappa shape index (κ1) is 33.1. The molecule has 3 N–H and O–H groups in total. The van der Waals surface area contributed by atoms with E-state index in [-0.39, 0.29) is 36.3 Å². The number of H-pyrrole nitrogens is 1. The Morgan fingerprint density at radius 2 is 1.70 bits per heavy atom. The number of amides is 2. The lowest BCUT2D eigenvalue weighted by molar-refractivity contribution is -0.126. The van der Waals surface area contributed by atoms with E-state index in [4.69, 9.17) is 4.74 Å². The average Bonchev–Trinajstić information content (AvgIpc) is 3.38. The Bertz CT molecular complexity index is 1440. The SMILES string of the molecule is CC(F)(F)CNC(=O)C(CC(C)(F)F)c1ccc2[nH]c([C@@H](NC(=O)OCc3ccccc3)C3CCC(F)(F)CC3)nc2c1F. The molecular weight excluding hydrogens is 597 g/mol. The summed E-state index contributed by atoms with van der Waals surface area (Å²) in [5, 5.41) is 4.54. The van der Waals surface area contributed by atoms with Crippen molar-refractivity contribution in [3.05, 3.63) is 65.2 Å². The molecule has 1 heterocycles. The van der Waals surface area contributed by atoms with E-state index in [1.165, 1.54) is 6.07 Å². The predicted molar refractivity (Wildman–Crippen MR) is 147 cm³/mol. The van der Waals surface area contributed by atoms with E-state index in [0.29, 0.717) is 19.4 Å². The maximum Gasteiger partial charge on any atom is 0.408 e. The van der Waals surface area contributed by atoms with Crippen molar-refractivity contribution in [3.8, 4) is 0 Å². The summed E-state index contributed by atoms with van der Waals surface area (Å²) in [6.07, 6.45) is -2.89. The smallest absolute Gasteiger partial charge is 0.408 e. The van der Waals surface area contributed by atoms with Crippen LogP contribution in [-0.2, 0) is 16.1 Å². The van der Waals surface area contributed by atoms with Gasteiger partial charge in [0.25, 0.3) is 5.92 Å². The van der Waals surface area contributed by atoms with Gasteiger partial charge in [0, 0.05) is 31.7 Å². The summed E-state index contributed by atoms with van der Waals surface area (Å²) in [4.78, 5) is 32.6. The van der Waals surface area contributed by atoms with Gasteiger partial charge in [0.15, 0.2) is 5.82 Å². The van der Waals surface area contributed by atoms with Gasteiger partial charge in [-0.3, -0.25) is 4.79 Å². The molecule has 3 aromatic rings. The number of imidazole rings is 1. The van der Waals surface area contributed by atoms with Crippen LogP contribution < -0.4 is 10.6 Å². The second kappa shape index (κ2) is 13.0. The number of nitrogens with zero attached hydrogens (tertiary/aromatic N) is 1. The molecule has 2 amide bonds. The van der Waals surface area contributed by atoms with E-state index < -0.39 is 84.8 Å². The van der Waals surface area contributed by atoms with Crippen LogP contribution in [0, 0.1) is 11.7 Å². The first-order valence-electron chi connectivity index (χ1n) is 14.1. The largest absolute Gasteiger partial charge is 0.445 e. The van der Waals surface area contributed by atoms with Gasteiger partial charge in [0.05, 0.1) is 24.0 Å². The van der Waals surface area contributed by atoms with Gasteiger partial charge >= 0.3 is 6.09 Å². The van der Waals surface area contributed by atoms with E-state index >= 15 is 4.39 Å². The minimum Gasteiger partial charge on any atom is -0.445 e. The molecule has 0 bridgehead atoms. The van der Waals surface area contributed by atoms with Gasteiger partial charge in [-0.1, -0.05) is 36.4 Å². The van der Waals surface area contributed by atoms with Gasteiger partial charge in [-0.2, -0.15) is 0 Å². The molecular formula is C30H33F7N4O3. The zero-order valence-corrected chi connectivity index (χ0v) is 24.0. The van der Waals surface area contributed by atoms with E-state index in [1.54, 1.807) is 30.3 Å². The second-order valence-corrected chi connectivity index (χ2v) is 11.5. The number of aromatic nitrogens is 2. The minimum absolute atomic E-state index is 0.00961. The maximum atomic E-state index is 15.9. The first-order chi connectivity index (χ1) is 20.5. The third-order valence-corrected chi connectivity index (χ3v) is 7.48. The second-order valence-electron chi connectivity index (χ2n) is 11.5. The van der Waals surface area contributed by atoms with E-state index in [2.05, 4.69) is 15.3 Å². The topological polar surface area (TPSA) is 96.1 Å². The molecule has 4 rings (SSSR count). The van der Waals surface area contributed by atoms with Crippen molar-refractivity contribution in [2.24, 2.45) is 5.92 Å². The van der Waals surface area contributed by atoms with E-state index in [1.807, 2.05) is 5.32 Å². The normalized spacial score (nSPS) is 17.2. The van der Waals surface area contributed by atoms with Gasteiger partial charge in [-0.25, -0.2) is 40.5 Å². The quantitative estimate of drug-likeness (QED) is 0.193. The standard InChI is InChI=1S/C30H33F7N4O3/c1-28(32,33)14-20(26(42)38-16-29(2,34)35)19-8-9-21-24(22(19)31)40-25(39-21)23(18-10-12-30(36,37)13-11-18)41-27(43)44-15-17-6-4-3-5-7-17/h3-9,18,20,23H,10-16H2,1-2H3,(H,38,42)(H,39,40)(H,41,43)/t20?,23-/m0/s1. The fourth-order valence-corrected chi connectivity index (χ4v) is 5.26. The third kappa shape index (κ3) is 8.85. The molecule has 0 aliphatic heterocycles. The van der Waals surface area contributed by atoms with Crippen molar-refractivity contribution in [2.75, 3.05) is 6.54 Å². The molecule has 44 heavy (non-hydrogen) atoms. The van der Waals surface area contributed by atoms with Crippen LogP contribution in [0.15, 0.2) is 42.5 Å². The van der Waals surface area contributed by atoms with Gasteiger partial charge in [-0.15, -0.1) is 0 Å². The van der Waals surface area contributed by atoms with Crippen molar-refractivity contribution < 1.29 is 45.1 Å². The number of hydrogen-bond donors (Lipinski definition) is 3. The predicted octanol–water partition coefficient (Wildman–Crippen LogP) is 7.40. The van der Waals surface area contributed by atoms with Gasteiger partial charge in [-0.05, 0) is 37.3 Å². The lowest BCUT2D eigenvalue weighted by atomic mass is 9.82. The van der Waals surface area contributed by atoms with E-state index in [9.17, 15) is 35.9 Å². The van der Waals surface area contributed by atoms with Crippen LogP contribution in [0.25, 0.3) is 11.0 Å². The van der Waals surface area contributed by atoms with Crippen LogP contribution in [0.1, 0.15) is 74.9 Å². The lowest BCUT2D eigenvalue weighted by Gasteiger charge is -2.33. The molecule has 1 fully saturated rings. The average molecular weight is 631 g/mol. The number of carbonyl (C=O) groups excluding carboxylic acids is 2. The zero-order chi connectivity index (χ0) is 32.3. The summed E-state index contributed by atoms with van der Waals surface area (Å²) in [6, 6.07) is 10.1. The van der Waals surface area contributed by atoms with Crippen molar-refractivity contribution in [2.45, 2.75) is 82.3 Å². The van der Waals surface area contributed by atoms with Gasteiger partial charge in [0.2, 0.25) is 17.8 Å². The van der Waals surface area contributed by atoms with Gasteiger partial charge < -0.3 is 20.4 Å². The molecule has 2 atom stereocenters. The molecule has 7 nitrogen and oxygen atoms in total. The fourth-order valence-electron chi connectivity index (χ4n) is 5.26. The summed E-state index contributed by atoms with van der Waals surface area (Å²) in [7, 11) is 0. The number of aromatic amines is 1. The highest BCUT2D eigenvalue weighted by molar-refractivity contribution is 5.86. The van der Waals surface area contributed by atoms with Crippen LogP contribution in [0.2, 0.25) is 0 Å². The Hall–Kier alpha value is -3.84. The van der Waals surface area contributed by atoms with Crippen LogP contribution in [-0.4, -0.2) is 46.3 Å². The molecule has 1 aliphatic rings. The molecule has 1 saturated carbocycles. The highest BCUT2D eigenvalue weighted by atomic mass is 19.3. The minimum atomic E-state index is -3.45. The van der Waals surface area contributed by atoms with E-state index in [0.717, 1.165) is 6.07 Å². The molecule has 0 spiro atoms. The number of alkyl carbamates (subject to hydrolysis) is 1. The van der Waals surface area contributed by atoms with Gasteiger partial charge in [0.1, 0.15) is 17.9 Å². The Morgan fingerprint density at radius 3 is 2.32 bits per heavy atom. The molecule has 0 saturated heterocycles. The Morgan fingerprint density at radius 1 is 1.05 bits per heavy atom. The Labute approximate surface area is 248 Å². The van der Waals surface area contributed by atoms with Crippen molar-refractivity contribution in [1.29, 1.82) is 0 Å². The lowest BCUT2D eigenvalue weighted by Crippen LogP contribution is -2.39. The summed E-state index contributed by atoms with van der Waals surface area (Å²) in [6.45, 7) is -0.159. The zero-order valence-electron chi connectivity index (χ0n) is 24.0. The summed E-state index contributed by atoms with van der Waals surface area (Å²) in [5.41, 5.74) is -0.0673. The molecule has 14 heteroatoms. The maximum absolute atomic E-state index is 15.9. The number of halogens is 7. The third-order valence-electron chi connectivity index (χ3n) is 7.48.